The number of hydrogen-bond donors (Lipinski definition) is 2. The van der Waals surface area contributed by atoms with Gasteiger partial charge in [-0.3, -0.25) is 9.69 Å². The zero-order valence-corrected chi connectivity index (χ0v) is 15.0. The Morgan fingerprint density at radius 1 is 1.15 bits per heavy atom. The van der Waals surface area contributed by atoms with E-state index in [4.69, 9.17) is 14.4 Å². The second-order valence-electron chi connectivity index (χ2n) is 6.64. The number of piperidine rings is 1. The van der Waals surface area contributed by atoms with E-state index < -0.39 is 5.97 Å². The van der Waals surface area contributed by atoms with Crippen LogP contribution in [0, 0.1) is 0 Å². The van der Waals surface area contributed by atoms with E-state index in [1.54, 1.807) is 0 Å². The monoisotopic (exact) mass is 373 g/mol. The standard InChI is InChI=1S/C18H21N3O3.CH2O2/c22-18(23)15-16(13-7-3-1-4-8-13)24-19-17(15)21-11-14(12-21)20-9-5-2-6-10-20;2-1-3/h1,3-4,7-8,14H,2,5-6,9-12H2,(H,22,23);1H,(H,2,3). The van der Waals surface area contributed by atoms with Crippen molar-refractivity contribution in [2.24, 2.45) is 0 Å². The number of carboxylic acid groups (broad SMARTS) is 2. The normalized spacial score (nSPS) is 17.6. The Labute approximate surface area is 157 Å². The molecule has 0 amide bonds. The summed E-state index contributed by atoms with van der Waals surface area (Å²) in [5.74, 6) is -0.208. The molecule has 3 heterocycles. The lowest BCUT2D eigenvalue weighted by atomic mass is 10.0. The van der Waals surface area contributed by atoms with Gasteiger partial charge in [0.1, 0.15) is 0 Å². The molecule has 2 aliphatic rings. The lowest BCUT2D eigenvalue weighted by molar-refractivity contribution is -0.122. The maximum atomic E-state index is 11.8. The van der Waals surface area contributed by atoms with Gasteiger partial charge in [-0.1, -0.05) is 41.9 Å². The van der Waals surface area contributed by atoms with E-state index in [1.165, 1.54) is 19.3 Å². The third-order valence-corrected chi connectivity index (χ3v) is 4.99. The molecule has 4 rings (SSSR count). The molecule has 0 bridgehead atoms. The first-order valence-corrected chi connectivity index (χ1v) is 9.01. The van der Waals surface area contributed by atoms with Crippen LogP contribution in [-0.2, 0) is 4.79 Å². The molecular weight excluding hydrogens is 350 g/mol. The number of anilines is 1. The molecule has 0 saturated carbocycles. The number of aromatic carboxylic acids is 1. The molecule has 2 saturated heterocycles. The molecule has 8 heteroatoms. The predicted octanol–water partition coefficient (Wildman–Crippen LogP) is 2.42. The maximum Gasteiger partial charge on any atom is 0.343 e. The first-order chi connectivity index (χ1) is 13.2. The van der Waals surface area contributed by atoms with Crippen molar-refractivity contribution in [1.82, 2.24) is 10.1 Å². The molecular formula is C19H23N3O5. The molecule has 8 nitrogen and oxygen atoms in total. The van der Waals surface area contributed by atoms with E-state index in [-0.39, 0.29) is 12.0 Å². The molecule has 27 heavy (non-hydrogen) atoms. The van der Waals surface area contributed by atoms with E-state index in [9.17, 15) is 9.90 Å². The summed E-state index contributed by atoms with van der Waals surface area (Å²) in [6.45, 7) is 3.69. The van der Waals surface area contributed by atoms with Crippen molar-refractivity contribution < 1.29 is 24.3 Å². The van der Waals surface area contributed by atoms with E-state index in [0.29, 0.717) is 17.6 Å². The van der Waals surface area contributed by atoms with Gasteiger partial charge in [0.15, 0.2) is 17.1 Å². The van der Waals surface area contributed by atoms with Crippen LogP contribution in [0.5, 0.6) is 0 Å². The lowest BCUT2D eigenvalue weighted by Gasteiger charge is -2.46. The summed E-state index contributed by atoms with van der Waals surface area (Å²) in [4.78, 5) is 24.7. The van der Waals surface area contributed by atoms with Gasteiger partial charge in [-0.15, -0.1) is 0 Å². The molecule has 0 unspecified atom stereocenters. The fraction of sp³-hybridized carbons (Fsp3) is 0.421. The van der Waals surface area contributed by atoms with Gasteiger partial charge in [-0.25, -0.2) is 4.79 Å². The molecule has 2 N–H and O–H groups in total. The zero-order valence-electron chi connectivity index (χ0n) is 15.0. The van der Waals surface area contributed by atoms with Gasteiger partial charge in [0.25, 0.3) is 6.47 Å². The summed E-state index contributed by atoms with van der Waals surface area (Å²) in [6.07, 6.45) is 3.85. The fourth-order valence-electron chi connectivity index (χ4n) is 3.62. The van der Waals surface area contributed by atoms with Crippen LogP contribution in [0.2, 0.25) is 0 Å². The molecule has 144 valence electrons. The highest BCUT2D eigenvalue weighted by Crippen LogP contribution is 2.34. The summed E-state index contributed by atoms with van der Waals surface area (Å²) in [7, 11) is 0. The molecule has 2 fully saturated rings. The average molecular weight is 373 g/mol. The first kappa shape index (κ1) is 18.9. The quantitative estimate of drug-likeness (QED) is 0.787. The third kappa shape index (κ3) is 4.11. The van der Waals surface area contributed by atoms with Crippen LogP contribution in [0.15, 0.2) is 34.9 Å². The van der Waals surface area contributed by atoms with Crippen LogP contribution in [0.4, 0.5) is 5.82 Å². The van der Waals surface area contributed by atoms with Gasteiger partial charge in [-0.2, -0.15) is 0 Å². The summed E-state index contributed by atoms with van der Waals surface area (Å²) < 4.78 is 5.39. The molecule has 0 spiro atoms. The lowest BCUT2D eigenvalue weighted by Crippen LogP contribution is -2.60. The minimum Gasteiger partial charge on any atom is -0.483 e. The number of nitrogens with zero attached hydrogens (tertiary/aromatic N) is 3. The summed E-state index contributed by atoms with van der Waals surface area (Å²) in [5.41, 5.74) is 0.903. The Morgan fingerprint density at radius 3 is 2.37 bits per heavy atom. The summed E-state index contributed by atoms with van der Waals surface area (Å²) in [6, 6.07) is 9.79. The molecule has 1 aromatic carbocycles. The molecule has 1 aromatic heterocycles. The van der Waals surface area contributed by atoms with Crippen molar-refractivity contribution in [3.05, 3.63) is 35.9 Å². The Kier molecular flexibility index (Phi) is 6.08. The fourth-order valence-corrected chi connectivity index (χ4v) is 3.62. The highest BCUT2D eigenvalue weighted by atomic mass is 16.5. The largest absolute Gasteiger partial charge is 0.483 e. The number of likely N-dealkylation sites (tertiary alicyclic amines) is 1. The first-order valence-electron chi connectivity index (χ1n) is 9.01. The van der Waals surface area contributed by atoms with Gasteiger partial charge in [0.05, 0.1) is 0 Å². The Morgan fingerprint density at radius 2 is 1.78 bits per heavy atom. The van der Waals surface area contributed by atoms with E-state index >= 15 is 0 Å². The number of carboxylic acids is 1. The predicted molar refractivity (Wildman–Crippen MR) is 99.0 cm³/mol. The Bertz CT molecular complexity index is 765. The minimum atomic E-state index is -0.994. The second-order valence-corrected chi connectivity index (χ2v) is 6.64. The number of hydrogen-bond acceptors (Lipinski definition) is 6. The highest BCUT2D eigenvalue weighted by Gasteiger charge is 2.37. The van der Waals surface area contributed by atoms with E-state index in [2.05, 4.69) is 10.1 Å². The Hall–Kier alpha value is -2.87. The third-order valence-electron chi connectivity index (χ3n) is 4.99. The van der Waals surface area contributed by atoms with Gasteiger partial charge in [0, 0.05) is 24.7 Å². The van der Waals surface area contributed by atoms with Crippen molar-refractivity contribution in [2.75, 3.05) is 31.1 Å². The van der Waals surface area contributed by atoms with Crippen LogP contribution >= 0.6 is 0 Å². The highest BCUT2D eigenvalue weighted by molar-refractivity contribution is 5.99. The summed E-state index contributed by atoms with van der Waals surface area (Å²) in [5, 5.41) is 20.6. The second kappa shape index (κ2) is 8.68. The SMILES string of the molecule is O=C(O)c1c(N2CC(N3CCCCC3)C2)noc1-c1ccccc1.O=CO. The minimum absolute atomic E-state index is 0.165. The van der Waals surface area contributed by atoms with Crippen molar-refractivity contribution in [2.45, 2.75) is 25.3 Å². The van der Waals surface area contributed by atoms with Crippen molar-refractivity contribution in [3.8, 4) is 11.3 Å². The smallest absolute Gasteiger partial charge is 0.343 e. The number of rotatable bonds is 4. The van der Waals surface area contributed by atoms with Gasteiger partial charge in [-0.05, 0) is 25.9 Å². The Balaban J connectivity index is 0.000000659. The van der Waals surface area contributed by atoms with Gasteiger partial charge in [0.2, 0.25) is 0 Å². The van der Waals surface area contributed by atoms with Crippen LogP contribution in [-0.4, -0.2) is 64.9 Å². The molecule has 2 aromatic rings. The van der Waals surface area contributed by atoms with Crippen LogP contribution in [0.3, 0.4) is 0 Å². The van der Waals surface area contributed by atoms with Crippen LogP contribution in [0.1, 0.15) is 29.6 Å². The maximum absolute atomic E-state index is 11.8. The number of benzene rings is 1. The van der Waals surface area contributed by atoms with Crippen molar-refractivity contribution in [3.63, 3.8) is 0 Å². The number of carbonyl (C=O) groups is 2. The van der Waals surface area contributed by atoms with Crippen LogP contribution in [0.25, 0.3) is 11.3 Å². The zero-order chi connectivity index (χ0) is 19.2. The van der Waals surface area contributed by atoms with Gasteiger partial charge >= 0.3 is 5.97 Å². The number of aromatic nitrogens is 1. The topological polar surface area (TPSA) is 107 Å². The average Bonchev–Trinajstić information content (AvgIpc) is 3.08. The molecule has 2 aliphatic heterocycles. The van der Waals surface area contributed by atoms with E-state index in [0.717, 1.165) is 31.7 Å². The molecule has 0 atom stereocenters. The van der Waals surface area contributed by atoms with Crippen molar-refractivity contribution in [1.29, 1.82) is 0 Å². The van der Waals surface area contributed by atoms with E-state index in [1.807, 2.05) is 35.2 Å². The van der Waals surface area contributed by atoms with Gasteiger partial charge < -0.3 is 19.6 Å². The molecule has 0 radical (unpaired) electrons. The molecule has 0 aliphatic carbocycles. The van der Waals surface area contributed by atoms with Crippen molar-refractivity contribution >= 4 is 18.3 Å². The van der Waals surface area contributed by atoms with Crippen LogP contribution < -0.4 is 4.90 Å². The summed E-state index contributed by atoms with van der Waals surface area (Å²) >= 11 is 0.